The highest BCUT2D eigenvalue weighted by Crippen LogP contribution is 2.24. The van der Waals surface area contributed by atoms with Crippen molar-refractivity contribution in [2.75, 3.05) is 5.32 Å². The fourth-order valence-corrected chi connectivity index (χ4v) is 2.51. The van der Waals surface area contributed by atoms with Crippen molar-refractivity contribution in [1.29, 1.82) is 0 Å². The fourth-order valence-electron chi connectivity index (χ4n) is 2.34. The number of halogens is 1. The lowest BCUT2D eigenvalue weighted by Crippen LogP contribution is -2.19. The summed E-state index contributed by atoms with van der Waals surface area (Å²) in [4.78, 5) is 27.4. The van der Waals surface area contributed by atoms with Crippen molar-refractivity contribution in [3.8, 4) is 5.69 Å². The number of aromatic nitrogens is 3. The molecule has 3 rings (SSSR count). The van der Waals surface area contributed by atoms with Crippen LogP contribution >= 0.6 is 11.6 Å². The molecule has 2 N–H and O–H groups in total. The van der Waals surface area contributed by atoms with Gasteiger partial charge in [-0.25, -0.2) is 9.67 Å². The van der Waals surface area contributed by atoms with Crippen molar-refractivity contribution in [1.82, 2.24) is 20.1 Å². The maximum Gasteiger partial charge on any atom is 0.255 e. The van der Waals surface area contributed by atoms with Crippen molar-refractivity contribution >= 4 is 29.1 Å². The van der Waals surface area contributed by atoms with Gasteiger partial charge in [0.05, 0.1) is 11.4 Å². The van der Waals surface area contributed by atoms with Crippen molar-refractivity contribution in [2.24, 2.45) is 0 Å². The Kier molecular flexibility index (Phi) is 5.28. The molecule has 0 aliphatic heterocycles. The second kappa shape index (κ2) is 7.79. The third kappa shape index (κ3) is 4.25. The van der Waals surface area contributed by atoms with E-state index in [1.54, 1.807) is 47.1 Å². The number of nitrogens with zero attached hydrogens (tertiary/aromatic N) is 3. The molecule has 132 valence electrons. The van der Waals surface area contributed by atoms with Crippen molar-refractivity contribution in [3.05, 3.63) is 71.3 Å². The first-order chi connectivity index (χ1) is 12.5. The molecule has 1 aromatic heterocycles. The molecule has 1 heterocycles. The zero-order valence-electron chi connectivity index (χ0n) is 13.9. The Morgan fingerprint density at radius 3 is 2.58 bits per heavy atom. The SMILES string of the molecule is CC(=O)NCc1ccc(C(=O)Nc2cc(Cl)ccc2-n2cncn2)cc1. The smallest absolute Gasteiger partial charge is 0.255 e. The maximum atomic E-state index is 12.6. The van der Waals surface area contributed by atoms with Crippen molar-refractivity contribution in [2.45, 2.75) is 13.5 Å². The molecule has 3 aromatic rings. The first-order valence-corrected chi connectivity index (χ1v) is 8.20. The highest BCUT2D eigenvalue weighted by molar-refractivity contribution is 6.31. The van der Waals surface area contributed by atoms with E-state index < -0.39 is 0 Å². The summed E-state index contributed by atoms with van der Waals surface area (Å²) in [7, 11) is 0. The second-order valence-corrected chi connectivity index (χ2v) is 6.00. The molecule has 2 amide bonds. The standard InChI is InChI=1S/C18H16ClN5O2/c1-12(25)21-9-13-2-4-14(5-3-13)18(26)23-16-8-15(19)6-7-17(16)24-11-20-10-22-24/h2-8,10-11H,9H2,1H3,(H,21,25)(H,23,26). The molecule has 0 saturated heterocycles. The number of hydrogen-bond acceptors (Lipinski definition) is 4. The normalized spacial score (nSPS) is 10.4. The van der Waals surface area contributed by atoms with E-state index in [1.807, 2.05) is 0 Å². The minimum Gasteiger partial charge on any atom is -0.352 e. The molecule has 0 atom stereocenters. The Bertz CT molecular complexity index is 923. The van der Waals surface area contributed by atoms with Gasteiger partial charge in [0.25, 0.3) is 5.91 Å². The topological polar surface area (TPSA) is 88.9 Å². The zero-order chi connectivity index (χ0) is 18.5. The van der Waals surface area contributed by atoms with E-state index in [0.717, 1.165) is 5.56 Å². The van der Waals surface area contributed by atoms with E-state index in [1.165, 1.54) is 19.6 Å². The highest BCUT2D eigenvalue weighted by atomic mass is 35.5. The lowest BCUT2D eigenvalue weighted by Gasteiger charge is -2.12. The van der Waals surface area contributed by atoms with Crippen LogP contribution in [0.1, 0.15) is 22.8 Å². The van der Waals surface area contributed by atoms with E-state index in [9.17, 15) is 9.59 Å². The Morgan fingerprint density at radius 1 is 1.15 bits per heavy atom. The van der Waals surface area contributed by atoms with Crippen LogP contribution in [0.5, 0.6) is 0 Å². The number of anilines is 1. The largest absolute Gasteiger partial charge is 0.352 e. The van der Waals surface area contributed by atoms with Crippen LogP contribution in [0.15, 0.2) is 55.1 Å². The molecule has 2 aromatic carbocycles. The second-order valence-electron chi connectivity index (χ2n) is 5.56. The third-order valence-electron chi connectivity index (χ3n) is 3.63. The summed E-state index contributed by atoms with van der Waals surface area (Å²) in [6, 6.07) is 12.1. The van der Waals surface area contributed by atoms with Gasteiger partial charge in [-0.2, -0.15) is 5.10 Å². The van der Waals surface area contributed by atoms with Gasteiger partial charge in [0.2, 0.25) is 5.91 Å². The van der Waals surface area contributed by atoms with Crippen LogP contribution in [0, 0.1) is 0 Å². The first-order valence-electron chi connectivity index (χ1n) is 7.82. The van der Waals surface area contributed by atoms with Gasteiger partial charge < -0.3 is 10.6 Å². The van der Waals surface area contributed by atoms with Gasteiger partial charge in [0.1, 0.15) is 12.7 Å². The molecule has 0 aliphatic rings. The maximum absolute atomic E-state index is 12.6. The lowest BCUT2D eigenvalue weighted by molar-refractivity contribution is -0.119. The summed E-state index contributed by atoms with van der Waals surface area (Å²) >= 11 is 6.06. The van der Waals surface area contributed by atoms with Crippen LogP contribution in [0.4, 0.5) is 5.69 Å². The number of benzene rings is 2. The Labute approximate surface area is 155 Å². The summed E-state index contributed by atoms with van der Waals surface area (Å²) in [5, 5.41) is 10.1. The lowest BCUT2D eigenvalue weighted by atomic mass is 10.1. The molecule has 0 unspecified atom stereocenters. The van der Waals surface area contributed by atoms with Gasteiger partial charge in [0.15, 0.2) is 0 Å². The van der Waals surface area contributed by atoms with Crippen LogP contribution in [0.2, 0.25) is 5.02 Å². The Morgan fingerprint density at radius 2 is 1.92 bits per heavy atom. The highest BCUT2D eigenvalue weighted by Gasteiger charge is 2.12. The predicted molar refractivity (Wildman–Crippen MR) is 98.3 cm³/mol. The van der Waals surface area contributed by atoms with E-state index in [0.29, 0.717) is 28.5 Å². The number of rotatable bonds is 5. The zero-order valence-corrected chi connectivity index (χ0v) is 14.7. The molecule has 26 heavy (non-hydrogen) atoms. The molecule has 0 saturated carbocycles. The van der Waals surface area contributed by atoms with Crippen LogP contribution in [-0.4, -0.2) is 26.6 Å². The monoisotopic (exact) mass is 369 g/mol. The minimum absolute atomic E-state index is 0.103. The predicted octanol–water partition coefficient (Wildman–Crippen LogP) is 2.81. The van der Waals surface area contributed by atoms with Gasteiger partial charge in [0, 0.05) is 24.1 Å². The molecule has 0 fully saturated rings. The number of amides is 2. The van der Waals surface area contributed by atoms with E-state index in [2.05, 4.69) is 20.7 Å². The van der Waals surface area contributed by atoms with Gasteiger partial charge in [-0.1, -0.05) is 23.7 Å². The summed E-state index contributed by atoms with van der Waals surface area (Å²) in [6.07, 6.45) is 2.95. The number of hydrogen-bond donors (Lipinski definition) is 2. The summed E-state index contributed by atoms with van der Waals surface area (Å²) in [6.45, 7) is 1.88. The molecular formula is C18H16ClN5O2. The van der Waals surface area contributed by atoms with Gasteiger partial charge >= 0.3 is 0 Å². The number of carbonyl (C=O) groups is 2. The molecule has 0 aliphatic carbocycles. The van der Waals surface area contributed by atoms with Gasteiger partial charge in [-0.05, 0) is 35.9 Å². The summed E-state index contributed by atoms with van der Waals surface area (Å²) in [5.74, 6) is -0.381. The average molecular weight is 370 g/mol. The summed E-state index contributed by atoms with van der Waals surface area (Å²) in [5.41, 5.74) is 2.57. The number of nitrogens with one attached hydrogen (secondary N) is 2. The molecule has 0 spiro atoms. The van der Waals surface area contributed by atoms with Gasteiger partial charge in [-0.15, -0.1) is 0 Å². The molecule has 8 heteroatoms. The van der Waals surface area contributed by atoms with Crippen molar-refractivity contribution in [3.63, 3.8) is 0 Å². The Balaban J connectivity index is 1.78. The van der Waals surface area contributed by atoms with Crippen LogP contribution in [-0.2, 0) is 11.3 Å². The van der Waals surface area contributed by atoms with Gasteiger partial charge in [-0.3, -0.25) is 9.59 Å². The van der Waals surface area contributed by atoms with Crippen LogP contribution in [0.3, 0.4) is 0 Å². The molecule has 0 radical (unpaired) electrons. The quantitative estimate of drug-likeness (QED) is 0.723. The van der Waals surface area contributed by atoms with Crippen LogP contribution in [0.25, 0.3) is 5.69 Å². The fraction of sp³-hybridized carbons (Fsp3) is 0.111. The Hall–Kier alpha value is -3.19. The third-order valence-corrected chi connectivity index (χ3v) is 3.87. The number of carbonyl (C=O) groups excluding carboxylic acids is 2. The van der Waals surface area contributed by atoms with E-state index >= 15 is 0 Å². The minimum atomic E-state index is -0.278. The van der Waals surface area contributed by atoms with Crippen molar-refractivity contribution < 1.29 is 9.59 Å². The summed E-state index contributed by atoms with van der Waals surface area (Å²) < 4.78 is 1.54. The van der Waals surface area contributed by atoms with E-state index in [4.69, 9.17) is 11.6 Å². The first kappa shape index (κ1) is 17.6. The van der Waals surface area contributed by atoms with Crippen LogP contribution < -0.4 is 10.6 Å². The average Bonchev–Trinajstić information content (AvgIpc) is 3.15. The molecule has 7 nitrogen and oxygen atoms in total. The molecule has 0 bridgehead atoms. The van der Waals surface area contributed by atoms with E-state index in [-0.39, 0.29) is 11.8 Å². The molecular weight excluding hydrogens is 354 g/mol.